The highest BCUT2D eigenvalue weighted by molar-refractivity contribution is 6.10. The van der Waals surface area contributed by atoms with Crippen LogP contribution in [0.2, 0.25) is 0 Å². The molecule has 5 nitrogen and oxygen atoms in total. The second kappa shape index (κ2) is 8.78. The first-order chi connectivity index (χ1) is 10.9. The van der Waals surface area contributed by atoms with Crippen LogP contribution in [0, 0.1) is 6.92 Å². The van der Waals surface area contributed by atoms with Gasteiger partial charge < -0.3 is 14.7 Å². The fourth-order valence-electron chi connectivity index (χ4n) is 2.06. The molecule has 0 aromatic heterocycles. The molecule has 5 heteroatoms. The van der Waals surface area contributed by atoms with E-state index in [0.29, 0.717) is 6.54 Å². The van der Waals surface area contributed by atoms with Crippen molar-refractivity contribution in [3.63, 3.8) is 0 Å². The molecule has 0 aliphatic heterocycles. The largest absolute Gasteiger partial charge is 0.507 e. The third-order valence-corrected chi connectivity index (χ3v) is 3.22. The second-order valence-corrected chi connectivity index (χ2v) is 5.19. The number of hydrogen-bond donors (Lipinski definition) is 1. The summed E-state index contributed by atoms with van der Waals surface area (Å²) >= 11 is 0. The van der Waals surface area contributed by atoms with E-state index in [1.54, 1.807) is 6.08 Å². The number of aliphatic imine (C=N–C) groups is 1. The summed E-state index contributed by atoms with van der Waals surface area (Å²) in [7, 11) is 5.24. The van der Waals surface area contributed by atoms with E-state index in [-0.39, 0.29) is 11.3 Å². The molecule has 0 amide bonds. The van der Waals surface area contributed by atoms with Crippen molar-refractivity contribution in [2.75, 3.05) is 32.6 Å². The Morgan fingerprint density at radius 2 is 2.09 bits per heavy atom. The van der Waals surface area contributed by atoms with Crippen molar-refractivity contribution in [3.8, 4) is 0 Å². The first-order valence-corrected chi connectivity index (χ1v) is 7.38. The average molecular weight is 316 g/mol. The SMILES string of the molecule is CCN=CC(C(=O)OC)=C(O)C=Cc1ccc(N(C)C)c(C)c1. The summed E-state index contributed by atoms with van der Waals surface area (Å²) in [5.41, 5.74) is 3.22. The lowest BCUT2D eigenvalue weighted by molar-refractivity contribution is -0.135. The summed E-state index contributed by atoms with van der Waals surface area (Å²) in [5.74, 6) is -0.799. The highest BCUT2D eigenvalue weighted by Crippen LogP contribution is 2.20. The van der Waals surface area contributed by atoms with Gasteiger partial charge in [0.15, 0.2) is 0 Å². The standard InChI is InChI=1S/C18H24N2O3/c1-6-19-12-15(18(22)23-5)17(21)10-8-14-7-9-16(20(3)4)13(2)11-14/h7-12,21H,6H2,1-5H3. The van der Waals surface area contributed by atoms with Gasteiger partial charge in [-0.05, 0) is 43.2 Å². The number of aliphatic hydroxyl groups is 1. The third-order valence-electron chi connectivity index (χ3n) is 3.22. The Hall–Kier alpha value is -2.56. The van der Waals surface area contributed by atoms with E-state index in [0.717, 1.165) is 16.8 Å². The zero-order chi connectivity index (χ0) is 17.4. The summed E-state index contributed by atoms with van der Waals surface area (Å²) in [4.78, 5) is 17.7. The van der Waals surface area contributed by atoms with Crippen LogP contribution in [0.15, 0.2) is 40.6 Å². The maximum atomic E-state index is 11.7. The number of allylic oxidation sites excluding steroid dienone is 1. The molecule has 1 aromatic carbocycles. The minimum absolute atomic E-state index is 0.0345. The number of methoxy groups -OCH3 is 1. The highest BCUT2D eigenvalue weighted by atomic mass is 16.5. The summed E-state index contributed by atoms with van der Waals surface area (Å²) in [6.45, 7) is 4.38. The lowest BCUT2D eigenvalue weighted by atomic mass is 10.1. The normalized spacial score (nSPS) is 12.6. The summed E-state index contributed by atoms with van der Waals surface area (Å²) in [6, 6.07) is 5.97. The minimum atomic E-state index is -0.622. The van der Waals surface area contributed by atoms with Crippen LogP contribution in [0.3, 0.4) is 0 Å². The molecule has 1 aromatic rings. The number of rotatable bonds is 6. The van der Waals surface area contributed by atoms with Gasteiger partial charge in [0.05, 0.1) is 7.11 Å². The smallest absolute Gasteiger partial charge is 0.343 e. The predicted octanol–water partition coefficient (Wildman–Crippen LogP) is 3.15. The Morgan fingerprint density at radius 1 is 1.39 bits per heavy atom. The highest BCUT2D eigenvalue weighted by Gasteiger charge is 2.11. The Balaban J connectivity index is 3.09. The number of aryl methyl sites for hydroxylation is 1. The molecule has 124 valence electrons. The quantitative estimate of drug-likeness (QED) is 0.288. The molecule has 23 heavy (non-hydrogen) atoms. The molecule has 0 spiro atoms. The number of carbonyl (C=O) groups is 1. The molecule has 0 bridgehead atoms. The number of esters is 1. The van der Waals surface area contributed by atoms with Gasteiger partial charge in [-0.2, -0.15) is 0 Å². The van der Waals surface area contributed by atoms with Crippen molar-refractivity contribution < 1.29 is 14.6 Å². The van der Waals surface area contributed by atoms with Crippen LogP contribution in [0.5, 0.6) is 0 Å². The van der Waals surface area contributed by atoms with Crippen LogP contribution in [0.1, 0.15) is 18.1 Å². The van der Waals surface area contributed by atoms with E-state index in [1.165, 1.54) is 19.4 Å². The molecule has 0 saturated carbocycles. The molecular weight excluding hydrogens is 292 g/mol. The number of aliphatic hydroxyl groups excluding tert-OH is 1. The number of hydrogen-bond acceptors (Lipinski definition) is 5. The molecule has 0 aliphatic carbocycles. The van der Waals surface area contributed by atoms with Crippen LogP contribution in [-0.2, 0) is 9.53 Å². The van der Waals surface area contributed by atoms with Gasteiger partial charge in [0.25, 0.3) is 0 Å². The molecule has 0 heterocycles. The molecule has 0 radical (unpaired) electrons. The third kappa shape index (κ3) is 5.29. The van der Waals surface area contributed by atoms with Gasteiger partial charge in [0.2, 0.25) is 0 Å². The fraction of sp³-hybridized carbons (Fsp3) is 0.333. The Labute approximate surface area is 137 Å². The van der Waals surface area contributed by atoms with Gasteiger partial charge >= 0.3 is 5.97 Å². The summed E-state index contributed by atoms with van der Waals surface area (Å²) in [6.07, 6.45) is 4.54. The number of benzene rings is 1. The Bertz CT molecular complexity index is 644. The van der Waals surface area contributed by atoms with Crippen LogP contribution < -0.4 is 4.90 Å². The van der Waals surface area contributed by atoms with E-state index in [2.05, 4.69) is 9.73 Å². The van der Waals surface area contributed by atoms with Gasteiger partial charge in [0, 0.05) is 32.5 Å². The lowest BCUT2D eigenvalue weighted by Crippen LogP contribution is -2.10. The second-order valence-electron chi connectivity index (χ2n) is 5.19. The number of carbonyl (C=O) groups excluding carboxylic acids is 1. The summed E-state index contributed by atoms with van der Waals surface area (Å²) in [5, 5.41) is 10.1. The topological polar surface area (TPSA) is 62.1 Å². The Kier molecular flexibility index (Phi) is 7.06. The number of anilines is 1. The molecule has 0 fully saturated rings. The molecule has 1 N–H and O–H groups in total. The van der Waals surface area contributed by atoms with E-state index in [9.17, 15) is 9.90 Å². The predicted molar refractivity (Wildman–Crippen MR) is 95.2 cm³/mol. The average Bonchev–Trinajstić information content (AvgIpc) is 2.52. The number of nitrogens with zero attached hydrogens (tertiary/aromatic N) is 2. The van der Waals surface area contributed by atoms with Crippen molar-refractivity contribution in [3.05, 3.63) is 46.7 Å². The van der Waals surface area contributed by atoms with Gasteiger partial charge in [-0.3, -0.25) is 4.99 Å². The first kappa shape index (κ1) is 18.5. The molecule has 0 unspecified atom stereocenters. The zero-order valence-electron chi connectivity index (χ0n) is 14.3. The van der Waals surface area contributed by atoms with E-state index in [4.69, 9.17) is 0 Å². The summed E-state index contributed by atoms with van der Waals surface area (Å²) < 4.78 is 4.66. The minimum Gasteiger partial charge on any atom is -0.507 e. The molecule has 0 atom stereocenters. The van der Waals surface area contributed by atoms with E-state index in [1.807, 2.05) is 51.0 Å². The van der Waals surface area contributed by atoms with Gasteiger partial charge in [-0.1, -0.05) is 12.1 Å². The van der Waals surface area contributed by atoms with Crippen LogP contribution in [0.25, 0.3) is 6.08 Å². The van der Waals surface area contributed by atoms with Gasteiger partial charge in [-0.15, -0.1) is 0 Å². The number of ether oxygens (including phenoxy) is 1. The zero-order valence-corrected chi connectivity index (χ0v) is 14.3. The maximum Gasteiger partial charge on any atom is 0.343 e. The molecular formula is C18H24N2O3. The van der Waals surface area contributed by atoms with Crippen LogP contribution in [-0.4, -0.2) is 45.0 Å². The van der Waals surface area contributed by atoms with Crippen molar-refractivity contribution in [2.45, 2.75) is 13.8 Å². The van der Waals surface area contributed by atoms with Crippen molar-refractivity contribution in [1.29, 1.82) is 0 Å². The van der Waals surface area contributed by atoms with E-state index >= 15 is 0 Å². The molecule has 1 rings (SSSR count). The lowest BCUT2D eigenvalue weighted by Gasteiger charge is -2.15. The van der Waals surface area contributed by atoms with Crippen molar-refractivity contribution >= 4 is 23.9 Å². The molecule has 0 saturated heterocycles. The van der Waals surface area contributed by atoms with Crippen LogP contribution in [0.4, 0.5) is 5.69 Å². The van der Waals surface area contributed by atoms with Gasteiger partial charge in [0.1, 0.15) is 11.3 Å². The van der Waals surface area contributed by atoms with Gasteiger partial charge in [-0.25, -0.2) is 4.79 Å². The first-order valence-electron chi connectivity index (χ1n) is 7.38. The maximum absolute atomic E-state index is 11.7. The monoisotopic (exact) mass is 316 g/mol. The molecule has 0 aliphatic rings. The Morgan fingerprint density at radius 3 is 2.61 bits per heavy atom. The van der Waals surface area contributed by atoms with Crippen molar-refractivity contribution in [2.24, 2.45) is 4.99 Å². The van der Waals surface area contributed by atoms with E-state index < -0.39 is 5.97 Å². The fourth-order valence-corrected chi connectivity index (χ4v) is 2.06. The van der Waals surface area contributed by atoms with Crippen LogP contribution >= 0.6 is 0 Å². The van der Waals surface area contributed by atoms with Crippen molar-refractivity contribution in [1.82, 2.24) is 0 Å².